The number of nitrogens with one attached hydrogen (secondary N) is 1. The van der Waals surface area contributed by atoms with Crippen LogP contribution in [-0.2, 0) is 4.79 Å². The Kier molecular flexibility index (Phi) is 6.92. The molecule has 1 heterocycles. The second kappa shape index (κ2) is 10.2. The van der Waals surface area contributed by atoms with Crippen molar-refractivity contribution in [2.45, 2.75) is 19.0 Å². The van der Waals surface area contributed by atoms with Crippen molar-refractivity contribution in [1.29, 1.82) is 0 Å². The van der Waals surface area contributed by atoms with E-state index in [0.717, 1.165) is 39.1 Å². The third-order valence-electron chi connectivity index (χ3n) is 4.84. The van der Waals surface area contributed by atoms with Crippen LogP contribution in [0.15, 0.2) is 90.2 Å². The molecular formula is C26H25N3O2S. The van der Waals surface area contributed by atoms with Gasteiger partial charge in [-0.05, 0) is 50.2 Å². The summed E-state index contributed by atoms with van der Waals surface area (Å²) in [6.45, 7) is 4.61. The van der Waals surface area contributed by atoms with Gasteiger partial charge in [0.25, 0.3) is 0 Å². The summed E-state index contributed by atoms with van der Waals surface area (Å²) in [6, 6.07) is 25.7. The monoisotopic (exact) mass is 443 g/mol. The Bertz CT molecular complexity index is 1170. The van der Waals surface area contributed by atoms with E-state index in [4.69, 9.17) is 9.72 Å². The fourth-order valence-corrected chi connectivity index (χ4v) is 4.02. The minimum absolute atomic E-state index is 0.0682. The first-order chi connectivity index (χ1) is 15.6. The summed E-state index contributed by atoms with van der Waals surface area (Å²) < 4.78 is 7.58. The molecule has 0 saturated carbocycles. The predicted molar refractivity (Wildman–Crippen MR) is 131 cm³/mol. The number of carbonyl (C=O) groups is 1. The third kappa shape index (κ3) is 5.39. The molecule has 1 N–H and O–H groups in total. The fraction of sp³-hybridized carbons (Fsp3) is 0.154. The molecule has 0 fully saturated rings. The minimum atomic E-state index is -0.0682. The van der Waals surface area contributed by atoms with E-state index >= 15 is 0 Å². The number of benzene rings is 3. The number of hydrogen-bond donors (Lipinski definition) is 1. The molecule has 0 unspecified atom stereocenters. The van der Waals surface area contributed by atoms with E-state index in [2.05, 4.69) is 5.32 Å². The molecule has 6 heteroatoms. The van der Waals surface area contributed by atoms with Gasteiger partial charge in [-0.15, -0.1) is 0 Å². The topological polar surface area (TPSA) is 56.2 Å². The van der Waals surface area contributed by atoms with Gasteiger partial charge >= 0.3 is 0 Å². The summed E-state index contributed by atoms with van der Waals surface area (Å²) in [6.07, 6.45) is 2.01. The standard InChI is InChI=1S/C26H25N3O2S/c1-3-31-23-15-13-22(14-16-23)29-17-24(20-7-5-4-6-8-20)28-26(29)32-18-25(30)27-21-11-9-19(2)10-12-21/h4-17H,3,18H2,1-2H3,(H,27,30). The molecule has 3 aromatic carbocycles. The zero-order valence-electron chi connectivity index (χ0n) is 18.1. The zero-order chi connectivity index (χ0) is 22.3. The van der Waals surface area contributed by atoms with Crippen LogP contribution >= 0.6 is 11.8 Å². The molecule has 32 heavy (non-hydrogen) atoms. The van der Waals surface area contributed by atoms with Crippen molar-refractivity contribution in [1.82, 2.24) is 9.55 Å². The molecule has 1 aromatic heterocycles. The summed E-state index contributed by atoms with van der Waals surface area (Å²) in [5, 5.41) is 3.70. The molecule has 0 radical (unpaired) electrons. The average Bonchev–Trinajstić information content (AvgIpc) is 3.25. The minimum Gasteiger partial charge on any atom is -0.494 e. The fourth-order valence-electron chi connectivity index (χ4n) is 3.23. The molecular weight excluding hydrogens is 418 g/mol. The Hall–Kier alpha value is -3.51. The van der Waals surface area contributed by atoms with Crippen molar-refractivity contribution in [3.8, 4) is 22.7 Å². The van der Waals surface area contributed by atoms with E-state index in [1.807, 2.05) is 103 Å². The van der Waals surface area contributed by atoms with Crippen LogP contribution in [0.5, 0.6) is 5.75 Å². The summed E-state index contributed by atoms with van der Waals surface area (Å²) in [4.78, 5) is 17.3. The van der Waals surface area contributed by atoms with Crippen LogP contribution in [0.4, 0.5) is 5.69 Å². The normalized spacial score (nSPS) is 10.7. The lowest BCUT2D eigenvalue weighted by atomic mass is 10.2. The molecule has 0 saturated heterocycles. The zero-order valence-corrected chi connectivity index (χ0v) is 18.9. The first kappa shape index (κ1) is 21.7. The van der Waals surface area contributed by atoms with E-state index in [1.165, 1.54) is 11.8 Å². The first-order valence-electron chi connectivity index (χ1n) is 10.5. The van der Waals surface area contributed by atoms with Gasteiger partial charge in [-0.1, -0.05) is 59.8 Å². The highest BCUT2D eigenvalue weighted by molar-refractivity contribution is 7.99. The first-order valence-corrected chi connectivity index (χ1v) is 11.5. The van der Waals surface area contributed by atoms with Crippen molar-refractivity contribution < 1.29 is 9.53 Å². The number of ether oxygens (including phenoxy) is 1. The number of aryl methyl sites for hydroxylation is 1. The van der Waals surface area contributed by atoms with Gasteiger partial charge in [0.15, 0.2) is 5.16 Å². The Balaban J connectivity index is 1.55. The average molecular weight is 444 g/mol. The molecule has 5 nitrogen and oxygen atoms in total. The van der Waals surface area contributed by atoms with Gasteiger partial charge in [0, 0.05) is 23.1 Å². The van der Waals surface area contributed by atoms with Crippen LogP contribution in [-0.4, -0.2) is 27.8 Å². The maximum absolute atomic E-state index is 12.5. The molecule has 4 aromatic rings. The second-order valence-corrected chi connectivity index (χ2v) is 8.22. The Morgan fingerprint density at radius 2 is 1.72 bits per heavy atom. The Labute approximate surface area is 192 Å². The molecule has 0 bridgehead atoms. The highest BCUT2D eigenvalue weighted by Gasteiger charge is 2.14. The highest BCUT2D eigenvalue weighted by atomic mass is 32.2. The molecule has 162 valence electrons. The van der Waals surface area contributed by atoms with Gasteiger partial charge < -0.3 is 10.1 Å². The van der Waals surface area contributed by atoms with Crippen molar-refractivity contribution >= 4 is 23.4 Å². The number of amides is 1. The van der Waals surface area contributed by atoms with Crippen LogP contribution < -0.4 is 10.1 Å². The molecule has 0 aliphatic heterocycles. The molecule has 0 spiro atoms. The third-order valence-corrected chi connectivity index (χ3v) is 5.79. The van der Waals surface area contributed by atoms with Gasteiger partial charge in [0.05, 0.1) is 18.1 Å². The molecule has 0 aliphatic carbocycles. The molecule has 0 aliphatic rings. The molecule has 0 atom stereocenters. The number of aromatic nitrogens is 2. The summed E-state index contributed by atoms with van der Waals surface area (Å²) in [5.74, 6) is 1.02. The predicted octanol–water partition coefficient (Wildman–Crippen LogP) is 5.98. The smallest absolute Gasteiger partial charge is 0.234 e. The number of hydrogen-bond acceptors (Lipinski definition) is 4. The van der Waals surface area contributed by atoms with E-state index < -0.39 is 0 Å². The van der Waals surface area contributed by atoms with Crippen molar-refractivity contribution in [3.05, 3.63) is 90.6 Å². The summed E-state index contributed by atoms with van der Waals surface area (Å²) in [5.41, 5.74) is 4.80. The number of rotatable bonds is 8. The van der Waals surface area contributed by atoms with Gasteiger partial charge in [0.1, 0.15) is 5.75 Å². The van der Waals surface area contributed by atoms with Crippen molar-refractivity contribution in [3.63, 3.8) is 0 Å². The van der Waals surface area contributed by atoms with Crippen LogP contribution in [0.3, 0.4) is 0 Å². The lowest BCUT2D eigenvalue weighted by Gasteiger charge is -2.09. The number of imidazole rings is 1. The lowest BCUT2D eigenvalue weighted by molar-refractivity contribution is -0.113. The number of nitrogens with zero attached hydrogens (tertiary/aromatic N) is 2. The second-order valence-electron chi connectivity index (χ2n) is 7.27. The summed E-state index contributed by atoms with van der Waals surface area (Å²) in [7, 11) is 0. The van der Waals surface area contributed by atoms with Crippen LogP contribution in [0.2, 0.25) is 0 Å². The van der Waals surface area contributed by atoms with Crippen LogP contribution in [0, 0.1) is 6.92 Å². The van der Waals surface area contributed by atoms with Crippen LogP contribution in [0.1, 0.15) is 12.5 Å². The molecule has 4 rings (SSSR count). The maximum Gasteiger partial charge on any atom is 0.234 e. The SMILES string of the molecule is CCOc1ccc(-n2cc(-c3ccccc3)nc2SCC(=O)Nc2ccc(C)cc2)cc1. The van der Waals surface area contributed by atoms with Gasteiger partial charge in [-0.2, -0.15) is 0 Å². The van der Waals surface area contributed by atoms with Crippen molar-refractivity contribution in [2.24, 2.45) is 0 Å². The number of anilines is 1. The Morgan fingerprint density at radius 1 is 1.00 bits per heavy atom. The van der Waals surface area contributed by atoms with E-state index in [1.54, 1.807) is 0 Å². The lowest BCUT2D eigenvalue weighted by Crippen LogP contribution is -2.14. The highest BCUT2D eigenvalue weighted by Crippen LogP contribution is 2.28. The number of thioether (sulfide) groups is 1. The quantitative estimate of drug-likeness (QED) is 0.341. The van der Waals surface area contributed by atoms with Crippen molar-refractivity contribution in [2.75, 3.05) is 17.7 Å². The van der Waals surface area contributed by atoms with Gasteiger partial charge in [-0.25, -0.2) is 4.98 Å². The van der Waals surface area contributed by atoms with E-state index in [9.17, 15) is 4.79 Å². The summed E-state index contributed by atoms with van der Waals surface area (Å²) >= 11 is 1.41. The largest absolute Gasteiger partial charge is 0.494 e. The van der Waals surface area contributed by atoms with Crippen LogP contribution in [0.25, 0.3) is 16.9 Å². The van der Waals surface area contributed by atoms with Gasteiger partial charge in [-0.3, -0.25) is 9.36 Å². The number of carbonyl (C=O) groups excluding carboxylic acids is 1. The van der Waals surface area contributed by atoms with E-state index in [0.29, 0.717) is 6.61 Å². The molecule has 1 amide bonds. The van der Waals surface area contributed by atoms with Gasteiger partial charge in [0.2, 0.25) is 5.91 Å². The maximum atomic E-state index is 12.5. The van der Waals surface area contributed by atoms with E-state index in [-0.39, 0.29) is 11.7 Å². The Morgan fingerprint density at radius 3 is 2.41 bits per heavy atom.